The van der Waals surface area contributed by atoms with Crippen LogP contribution < -0.4 is 4.90 Å². The van der Waals surface area contributed by atoms with Gasteiger partial charge in [0.05, 0.1) is 18.1 Å². The molecule has 0 saturated carbocycles. The van der Waals surface area contributed by atoms with E-state index in [4.69, 9.17) is 0 Å². The highest BCUT2D eigenvalue weighted by Crippen LogP contribution is 2.26. The van der Waals surface area contributed by atoms with Crippen LogP contribution in [0, 0.1) is 12.7 Å². The first-order valence-electron chi connectivity index (χ1n) is 10.1. The van der Waals surface area contributed by atoms with Crippen LogP contribution >= 0.6 is 0 Å². The summed E-state index contributed by atoms with van der Waals surface area (Å²) in [6.45, 7) is 2.55. The maximum absolute atomic E-state index is 13.2. The smallest absolute Gasteiger partial charge is 0.260 e. The molecule has 0 fully saturated rings. The molecule has 0 spiro atoms. The Morgan fingerprint density at radius 1 is 1.10 bits per heavy atom. The summed E-state index contributed by atoms with van der Waals surface area (Å²) < 4.78 is 15.0. The second-order valence-electron chi connectivity index (χ2n) is 7.64. The van der Waals surface area contributed by atoms with Crippen molar-refractivity contribution < 1.29 is 9.18 Å². The minimum atomic E-state index is -0.523. The van der Waals surface area contributed by atoms with Gasteiger partial charge in [-0.15, -0.1) is 0 Å². The number of benzene rings is 2. The van der Waals surface area contributed by atoms with Crippen molar-refractivity contribution in [1.29, 1.82) is 0 Å². The van der Waals surface area contributed by atoms with Crippen LogP contribution in [-0.2, 0) is 12.8 Å². The van der Waals surface area contributed by atoms with Crippen LogP contribution in [0.4, 0.5) is 10.3 Å². The highest BCUT2D eigenvalue weighted by atomic mass is 19.1. The summed E-state index contributed by atoms with van der Waals surface area (Å²) in [5.41, 5.74) is 6.10. The molecule has 1 aliphatic rings. The van der Waals surface area contributed by atoms with Crippen molar-refractivity contribution in [3.05, 3.63) is 101 Å². The van der Waals surface area contributed by atoms with Gasteiger partial charge in [0.15, 0.2) is 5.82 Å². The first-order valence-corrected chi connectivity index (χ1v) is 10.1. The average Bonchev–Trinajstić information content (AvgIpc) is 3.31. The van der Waals surface area contributed by atoms with Gasteiger partial charge in [0, 0.05) is 24.5 Å². The van der Waals surface area contributed by atoms with E-state index in [0.29, 0.717) is 18.5 Å². The number of nitrogens with zero attached hydrogens (tertiary/aromatic N) is 5. The molecule has 5 rings (SSSR count). The van der Waals surface area contributed by atoms with Gasteiger partial charge in [0.2, 0.25) is 5.95 Å². The SMILES string of the molecule is Cc1cc2c(cc1Cc1ccc(-n3cccn3)cc1)C(=O)N(c1ncc(F)cn1)CC2. The molecule has 6 nitrogen and oxygen atoms in total. The van der Waals surface area contributed by atoms with Crippen molar-refractivity contribution in [2.45, 2.75) is 19.8 Å². The van der Waals surface area contributed by atoms with Crippen LogP contribution in [0.5, 0.6) is 0 Å². The molecule has 2 aromatic heterocycles. The molecule has 1 aliphatic heterocycles. The van der Waals surface area contributed by atoms with E-state index in [9.17, 15) is 9.18 Å². The molecule has 2 aromatic carbocycles. The van der Waals surface area contributed by atoms with Crippen molar-refractivity contribution in [2.24, 2.45) is 0 Å². The van der Waals surface area contributed by atoms with E-state index in [0.717, 1.165) is 46.8 Å². The minimum Gasteiger partial charge on any atom is -0.276 e. The van der Waals surface area contributed by atoms with Gasteiger partial charge in [-0.2, -0.15) is 5.10 Å². The number of anilines is 1. The molecule has 1 amide bonds. The number of hydrogen-bond acceptors (Lipinski definition) is 4. The van der Waals surface area contributed by atoms with E-state index in [1.165, 1.54) is 4.90 Å². The lowest BCUT2D eigenvalue weighted by Crippen LogP contribution is -2.39. The Morgan fingerprint density at radius 3 is 2.58 bits per heavy atom. The van der Waals surface area contributed by atoms with E-state index in [-0.39, 0.29) is 11.9 Å². The summed E-state index contributed by atoms with van der Waals surface area (Å²) in [4.78, 5) is 22.6. The molecule has 31 heavy (non-hydrogen) atoms. The van der Waals surface area contributed by atoms with E-state index in [2.05, 4.69) is 40.2 Å². The van der Waals surface area contributed by atoms with Crippen LogP contribution in [0.1, 0.15) is 32.6 Å². The van der Waals surface area contributed by atoms with Crippen LogP contribution in [0.25, 0.3) is 5.69 Å². The number of hydrogen-bond donors (Lipinski definition) is 0. The van der Waals surface area contributed by atoms with Gasteiger partial charge in [-0.05, 0) is 66.3 Å². The molecular formula is C24H20FN5O. The molecule has 0 atom stereocenters. The van der Waals surface area contributed by atoms with E-state index < -0.39 is 5.82 Å². The van der Waals surface area contributed by atoms with Gasteiger partial charge in [-0.25, -0.2) is 19.0 Å². The average molecular weight is 413 g/mol. The molecular weight excluding hydrogens is 393 g/mol. The second-order valence-corrected chi connectivity index (χ2v) is 7.64. The topological polar surface area (TPSA) is 63.9 Å². The summed E-state index contributed by atoms with van der Waals surface area (Å²) in [6, 6.07) is 14.2. The Morgan fingerprint density at radius 2 is 1.87 bits per heavy atom. The Labute approximate surface area is 179 Å². The van der Waals surface area contributed by atoms with E-state index in [1.807, 2.05) is 35.1 Å². The van der Waals surface area contributed by atoms with Crippen molar-refractivity contribution in [2.75, 3.05) is 11.4 Å². The number of carbonyl (C=O) groups excluding carboxylic acids is 1. The zero-order valence-electron chi connectivity index (χ0n) is 17.0. The van der Waals surface area contributed by atoms with Gasteiger partial charge >= 0.3 is 0 Å². The largest absolute Gasteiger partial charge is 0.276 e. The first kappa shape index (κ1) is 19.1. The predicted molar refractivity (Wildman–Crippen MR) is 115 cm³/mol. The fourth-order valence-electron chi connectivity index (χ4n) is 3.93. The summed E-state index contributed by atoms with van der Waals surface area (Å²) in [5, 5.41) is 4.25. The Balaban J connectivity index is 1.41. The van der Waals surface area contributed by atoms with Gasteiger partial charge in [0.1, 0.15) is 0 Å². The molecule has 0 radical (unpaired) electrons. The Hall–Kier alpha value is -3.87. The number of aryl methyl sites for hydroxylation is 1. The highest BCUT2D eigenvalue weighted by Gasteiger charge is 2.28. The van der Waals surface area contributed by atoms with Crippen LogP contribution in [0.15, 0.2) is 67.3 Å². The summed E-state index contributed by atoms with van der Waals surface area (Å²) in [6.07, 6.45) is 7.25. The molecule has 0 saturated heterocycles. The van der Waals surface area contributed by atoms with Gasteiger partial charge in [0.25, 0.3) is 5.91 Å². The lowest BCUT2D eigenvalue weighted by Gasteiger charge is -2.27. The number of fused-ring (bicyclic) bond motifs is 1. The van der Waals surface area contributed by atoms with Crippen molar-refractivity contribution in [3.63, 3.8) is 0 Å². The molecule has 4 aromatic rings. The van der Waals surface area contributed by atoms with Crippen molar-refractivity contribution in [1.82, 2.24) is 19.7 Å². The maximum Gasteiger partial charge on any atom is 0.260 e. The third kappa shape index (κ3) is 3.70. The van der Waals surface area contributed by atoms with E-state index >= 15 is 0 Å². The zero-order chi connectivity index (χ0) is 21.4. The number of rotatable bonds is 4. The van der Waals surface area contributed by atoms with Crippen LogP contribution in [0.2, 0.25) is 0 Å². The van der Waals surface area contributed by atoms with Crippen molar-refractivity contribution in [3.8, 4) is 5.69 Å². The Kier molecular flexibility index (Phi) is 4.78. The minimum absolute atomic E-state index is 0.150. The number of amides is 1. The lowest BCUT2D eigenvalue weighted by molar-refractivity contribution is 0.0978. The molecule has 0 N–H and O–H groups in total. The molecule has 7 heteroatoms. The quantitative estimate of drug-likeness (QED) is 0.509. The fraction of sp³-hybridized carbons (Fsp3) is 0.167. The number of aromatic nitrogens is 4. The van der Waals surface area contributed by atoms with Gasteiger partial charge in [-0.1, -0.05) is 18.2 Å². The zero-order valence-corrected chi connectivity index (χ0v) is 17.0. The molecule has 3 heterocycles. The maximum atomic E-state index is 13.2. The van der Waals surface area contributed by atoms with Crippen LogP contribution in [0.3, 0.4) is 0 Å². The normalized spacial score (nSPS) is 13.4. The first-order chi connectivity index (χ1) is 15.1. The monoisotopic (exact) mass is 413 g/mol. The standard InChI is InChI=1S/C24H20FN5O/c1-16-11-18-7-10-29(24-26-14-20(25)15-27-24)23(31)22(18)13-19(16)12-17-3-5-21(6-4-17)30-9-2-8-28-30/h2-6,8-9,11,13-15H,7,10,12H2,1H3. The summed E-state index contributed by atoms with van der Waals surface area (Å²) >= 11 is 0. The molecule has 154 valence electrons. The number of carbonyl (C=O) groups is 1. The fourth-order valence-corrected chi connectivity index (χ4v) is 3.93. The summed E-state index contributed by atoms with van der Waals surface area (Å²) in [5.74, 6) is -0.443. The molecule has 0 unspecified atom stereocenters. The van der Waals surface area contributed by atoms with Crippen molar-refractivity contribution >= 4 is 11.9 Å². The summed E-state index contributed by atoms with van der Waals surface area (Å²) in [7, 11) is 0. The third-order valence-electron chi connectivity index (χ3n) is 5.59. The Bertz CT molecular complexity index is 1230. The van der Waals surface area contributed by atoms with Crippen LogP contribution in [-0.4, -0.2) is 32.2 Å². The third-order valence-corrected chi connectivity index (χ3v) is 5.59. The van der Waals surface area contributed by atoms with E-state index in [1.54, 1.807) is 6.20 Å². The lowest BCUT2D eigenvalue weighted by atomic mass is 9.91. The van der Waals surface area contributed by atoms with Gasteiger partial charge in [-0.3, -0.25) is 9.69 Å². The van der Waals surface area contributed by atoms with Gasteiger partial charge < -0.3 is 0 Å². The molecule has 0 bridgehead atoms. The number of halogens is 1. The predicted octanol–water partition coefficient (Wildman–Crippen LogP) is 3.90. The highest BCUT2D eigenvalue weighted by molar-refractivity contribution is 6.07. The second kappa shape index (κ2) is 7.75. The molecule has 0 aliphatic carbocycles.